The van der Waals surface area contributed by atoms with E-state index in [1.165, 1.54) is 0 Å². The summed E-state index contributed by atoms with van der Waals surface area (Å²) >= 11 is 0. The minimum atomic E-state index is -0.315. The summed E-state index contributed by atoms with van der Waals surface area (Å²) in [6.07, 6.45) is 2.50. The molecule has 2 rings (SSSR count). The van der Waals surface area contributed by atoms with E-state index in [0.29, 0.717) is 11.8 Å². The van der Waals surface area contributed by atoms with E-state index in [0.717, 1.165) is 25.8 Å². The van der Waals surface area contributed by atoms with Crippen LogP contribution in [0.1, 0.15) is 38.0 Å². The predicted octanol–water partition coefficient (Wildman–Crippen LogP) is 1.15. The van der Waals surface area contributed by atoms with E-state index >= 15 is 0 Å². The van der Waals surface area contributed by atoms with Crippen molar-refractivity contribution in [2.24, 2.45) is 0 Å². The first-order valence-electron chi connectivity index (χ1n) is 5.45. The molecule has 1 aliphatic rings. The molecule has 0 amide bonds. The summed E-state index contributed by atoms with van der Waals surface area (Å²) in [6, 6.07) is 0. The maximum absolute atomic E-state index is 9.71. The van der Waals surface area contributed by atoms with Crippen LogP contribution in [0.4, 0.5) is 5.95 Å². The molecule has 1 heterocycles. The number of nitrogens with zero attached hydrogens (tertiary/aromatic N) is 3. The van der Waals surface area contributed by atoms with Gasteiger partial charge in [0.25, 0.3) is 5.95 Å². The molecule has 0 radical (unpaired) electrons. The molecule has 5 heteroatoms. The van der Waals surface area contributed by atoms with Gasteiger partial charge in [-0.1, -0.05) is 0 Å². The lowest BCUT2D eigenvalue weighted by atomic mass is 10.1. The van der Waals surface area contributed by atoms with Crippen LogP contribution in [0.5, 0.6) is 0 Å². The first-order valence-corrected chi connectivity index (χ1v) is 5.45. The van der Waals surface area contributed by atoms with Gasteiger partial charge in [0, 0.05) is 13.6 Å². The Labute approximate surface area is 89.1 Å². The number of aromatic nitrogens is 2. The van der Waals surface area contributed by atoms with E-state index in [2.05, 4.69) is 10.1 Å². The minimum Gasteiger partial charge on any atom is -0.392 e. The smallest absolute Gasteiger partial charge is 0.265 e. The maximum atomic E-state index is 9.71. The van der Waals surface area contributed by atoms with E-state index in [4.69, 9.17) is 4.52 Å². The van der Waals surface area contributed by atoms with Crippen molar-refractivity contribution in [2.75, 3.05) is 18.5 Å². The molecule has 2 atom stereocenters. The number of rotatable bonds is 3. The summed E-state index contributed by atoms with van der Waals surface area (Å²) in [5, 5.41) is 13.6. The molecule has 0 aromatic carbocycles. The van der Waals surface area contributed by atoms with Gasteiger partial charge in [0.1, 0.15) is 0 Å². The second-order valence-electron chi connectivity index (χ2n) is 4.05. The van der Waals surface area contributed by atoms with Crippen molar-refractivity contribution in [1.82, 2.24) is 10.1 Å². The third kappa shape index (κ3) is 1.97. The zero-order chi connectivity index (χ0) is 10.8. The number of anilines is 1. The normalized spacial score (nSPS) is 25.8. The number of aliphatic hydroxyl groups is 1. The van der Waals surface area contributed by atoms with E-state index in [1.807, 2.05) is 18.9 Å². The monoisotopic (exact) mass is 211 g/mol. The van der Waals surface area contributed by atoms with Crippen LogP contribution in [0.2, 0.25) is 0 Å². The molecule has 0 spiro atoms. The van der Waals surface area contributed by atoms with Crippen LogP contribution in [-0.2, 0) is 0 Å². The highest BCUT2D eigenvalue weighted by Gasteiger charge is 2.31. The SMILES string of the molecule is CCN(C)c1noc(C2CCCC2O)n1. The Bertz CT molecular complexity index is 326. The van der Waals surface area contributed by atoms with Crippen LogP contribution >= 0.6 is 0 Å². The second-order valence-corrected chi connectivity index (χ2v) is 4.05. The molecule has 0 saturated heterocycles. The molecule has 1 aliphatic carbocycles. The summed E-state index contributed by atoms with van der Waals surface area (Å²) in [5.74, 6) is 1.22. The molecule has 1 fully saturated rings. The van der Waals surface area contributed by atoms with Gasteiger partial charge in [-0.15, -0.1) is 0 Å². The molecular formula is C10H17N3O2. The Kier molecular flexibility index (Phi) is 2.90. The Morgan fingerprint density at radius 1 is 1.53 bits per heavy atom. The Hall–Kier alpha value is -1.10. The zero-order valence-electron chi connectivity index (χ0n) is 9.18. The predicted molar refractivity (Wildman–Crippen MR) is 55.8 cm³/mol. The van der Waals surface area contributed by atoms with Crippen LogP contribution < -0.4 is 4.90 Å². The van der Waals surface area contributed by atoms with Gasteiger partial charge in [-0.2, -0.15) is 4.98 Å². The summed E-state index contributed by atoms with van der Waals surface area (Å²) < 4.78 is 5.18. The molecule has 1 saturated carbocycles. The topological polar surface area (TPSA) is 62.4 Å². The van der Waals surface area contributed by atoms with Crippen LogP contribution in [0.15, 0.2) is 4.52 Å². The van der Waals surface area contributed by atoms with Crippen LogP contribution in [-0.4, -0.2) is 34.9 Å². The molecule has 15 heavy (non-hydrogen) atoms. The van der Waals surface area contributed by atoms with Gasteiger partial charge in [-0.05, 0) is 31.3 Å². The van der Waals surface area contributed by atoms with Crippen LogP contribution in [0.25, 0.3) is 0 Å². The largest absolute Gasteiger partial charge is 0.392 e. The summed E-state index contributed by atoms with van der Waals surface area (Å²) in [6.45, 7) is 2.87. The molecule has 1 aromatic heterocycles. The van der Waals surface area contributed by atoms with Gasteiger partial charge in [0.2, 0.25) is 5.89 Å². The molecule has 0 aliphatic heterocycles. The van der Waals surface area contributed by atoms with Crippen LogP contribution in [0, 0.1) is 0 Å². The maximum Gasteiger partial charge on any atom is 0.265 e. The van der Waals surface area contributed by atoms with E-state index < -0.39 is 0 Å². The Morgan fingerprint density at radius 3 is 2.93 bits per heavy atom. The molecular weight excluding hydrogens is 194 g/mol. The fourth-order valence-electron chi connectivity index (χ4n) is 1.90. The van der Waals surface area contributed by atoms with Crippen molar-refractivity contribution in [3.05, 3.63) is 5.89 Å². The van der Waals surface area contributed by atoms with Crippen molar-refractivity contribution >= 4 is 5.95 Å². The van der Waals surface area contributed by atoms with Gasteiger partial charge in [-0.3, -0.25) is 0 Å². The van der Waals surface area contributed by atoms with Gasteiger partial charge in [-0.25, -0.2) is 0 Å². The fraction of sp³-hybridized carbons (Fsp3) is 0.800. The zero-order valence-corrected chi connectivity index (χ0v) is 9.18. The van der Waals surface area contributed by atoms with Crippen molar-refractivity contribution in [2.45, 2.75) is 38.2 Å². The number of hydrogen-bond donors (Lipinski definition) is 1. The molecule has 84 valence electrons. The van der Waals surface area contributed by atoms with Crippen molar-refractivity contribution in [3.8, 4) is 0 Å². The van der Waals surface area contributed by atoms with Gasteiger partial charge in [0.05, 0.1) is 12.0 Å². The quantitative estimate of drug-likeness (QED) is 0.812. The fourth-order valence-corrected chi connectivity index (χ4v) is 1.90. The molecule has 2 unspecified atom stereocenters. The molecule has 1 N–H and O–H groups in total. The molecule has 1 aromatic rings. The van der Waals surface area contributed by atoms with Gasteiger partial charge >= 0.3 is 0 Å². The highest BCUT2D eigenvalue weighted by molar-refractivity contribution is 5.26. The third-order valence-corrected chi connectivity index (χ3v) is 3.04. The average Bonchev–Trinajstić information content (AvgIpc) is 2.84. The van der Waals surface area contributed by atoms with Gasteiger partial charge < -0.3 is 14.5 Å². The Morgan fingerprint density at radius 2 is 2.33 bits per heavy atom. The van der Waals surface area contributed by atoms with Crippen molar-refractivity contribution < 1.29 is 9.63 Å². The Balaban J connectivity index is 2.12. The summed E-state index contributed by atoms with van der Waals surface area (Å²) in [7, 11) is 1.92. The average molecular weight is 211 g/mol. The second kappa shape index (κ2) is 4.18. The third-order valence-electron chi connectivity index (χ3n) is 3.04. The number of hydrogen-bond acceptors (Lipinski definition) is 5. The lowest BCUT2D eigenvalue weighted by Gasteiger charge is -2.10. The molecule has 5 nitrogen and oxygen atoms in total. The first-order chi connectivity index (χ1) is 7.22. The lowest BCUT2D eigenvalue weighted by Crippen LogP contribution is -2.17. The summed E-state index contributed by atoms with van der Waals surface area (Å²) in [5.41, 5.74) is 0. The lowest BCUT2D eigenvalue weighted by molar-refractivity contribution is 0.148. The van der Waals surface area contributed by atoms with E-state index in [9.17, 15) is 5.11 Å². The number of aliphatic hydroxyl groups excluding tert-OH is 1. The summed E-state index contributed by atoms with van der Waals surface area (Å²) in [4.78, 5) is 6.21. The minimum absolute atomic E-state index is 0.0384. The highest BCUT2D eigenvalue weighted by atomic mass is 16.5. The van der Waals surface area contributed by atoms with Crippen molar-refractivity contribution in [1.29, 1.82) is 0 Å². The van der Waals surface area contributed by atoms with E-state index in [1.54, 1.807) is 0 Å². The van der Waals surface area contributed by atoms with Gasteiger partial charge in [0.15, 0.2) is 0 Å². The first kappa shape index (κ1) is 10.4. The van der Waals surface area contributed by atoms with Crippen molar-refractivity contribution in [3.63, 3.8) is 0 Å². The standard InChI is InChI=1S/C10H17N3O2/c1-3-13(2)10-11-9(15-12-10)7-5-4-6-8(7)14/h7-8,14H,3-6H2,1-2H3. The molecule has 0 bridgehead atoms. The highest BCUT2D eigenvalue weighted by Crippen LogP contribution is 2.34. The van der Waals surface area contributed by atoms with Crippen LogP contribution in [0.3, 0.4) is 0 Å². The van der Waals surface area contributed by atoms with E-state index in [-0.39, 0.29) is 12.0 Å².